The smallest absolute Gasteiger partial charge is 0.309 e. The Kier molecular flexibility index (Phi) is 5.35. The van der Waals surface area contributed by atoms with Crippen LogP contribution in [-0.4, -0.2) is 45.3 Å². The molecule has 2 aliphatic rings. The summed E-state index contributed by atoms with van der Waals surface area (Å²) < 4.78 is 11.2. The summed E-state index contributed by atoms with van der Waals surface area (Å²) in [7, 11) is 0. The first-order chi connectivity index (χ1) is 15.9. The number of aromatic nitrogens is 2. The van der Waals surface area contributed by atoms with Gasteiger partial charge in [0.2, 0.25) is 11.5 Å². The van der Waals surface area contributed by atoms with Gasteiger partial charge in [0.1, 0.15) is 5.75 Å². The van der Waals surface area contributed by atoms with Gasteiger partial charge in [-0.05, 0) is 56.0 Å². The minimum absolute atomic E-state index is 0.0263. The molecule has 1 aliphatic carbocycles. The van der Waals surface area contributed by atoms with Gasteiger partial charge in [-0.15, -0.1) is 0 Å². The van der Waals surface area contributed by atoms with E-state index in [9.17, 15) is 9.90 Å². The zero-order chi connectivity index (χ0) is 23.1. The van der Waals surface area contributed by atoms with Gasteiger partial charge in [-0.3, -0.25) is 9.69 Å². The quantitative estimate of drug-likeness (QED) is 0.549. The van der Waals surface area contributed by atoms with Gasteiger partial charge in [0.15, 0.2) is 0 Å². The van der Waals surface area contributed by atoms with Crippen molar-refractivity contribution in [1.29, 1.82) is 0 Å². The monoisotopic (exact) mass is 444 g/mol. The highest BCUT2D eigenvalue weighted by Gasteiger charge is 2.40. The number of likely N-dealkylation sites (tertiary alicyclic amines) is 1. The summed E-state index contributed by atoms with van der Waals surface area (Å²) in [4.78, 5) is 21.6. The van der Waals surface area contributed by atoms with E-state index in [-0.39, 0.29) is 18.1 Å². The van der Waals surface area contributed by atoms with E-state index in [0.29, 0.717) is 41.8 Å². The first-order valence-electron chi connectivity index (χ1n) is 11.1. The van der Waals surface area contributed by atoms with Gasteiger partial charge in [-0.25, -0.2) is 4.85 Å². The molecule has 8 nitrogen and oxygen atoms in total. The molecule has 1 N–H and O–H groups in total. The highest BCUT2D eigenvalue weighted by atomic mass is 16.5. The molecule has 1 saturated heterocycles. The third-order valence-electron chi connectivity index (χ3n) is 6.29. The number of carboxylic acids is 1. The molecule has 5 rings (SSSR count). The molecule has 0 spiro atoms. The lowest BCUT2D eigenvalue weighted by Gasteiger charge is -2.41. The van der Waals surface area contributed by atoms with E-state index in [1.165, 1.54) is 11.1 Å². The van der Waals surface area contributed by atoms with E-state index in [4.69, 9.17) is 15.8 Å². The van der Waals surface area contributed by atoms with Crippen LogP contribution in [0, 0.1) is 12.5 Å². The largest absolute Gasteiger partial charge is 0.502 e. The summed E-state index contributed by atoms with van der Waals surface area (Å²) in [6.45, 7) is 12.5. The fraction of sp³-hybridized carbons (Fsp3) is 0.360. The molecule has 33 heavy (non-hydrogen) atoms. The topological polar surface area (TPSA) is 93.1 Å². The van der Waals surface area contributed by atoms with Crippen molar-refractivity contribution in [2.75, 3.05) is 13.1 Å². The third-order valence-corrected chi connectivity index (χ3v) is 6.29. The van der Waals surface area contributed by atoms with Crippen LogP contribution in [0.15, 0.2) is 40.9 Å². The van der Waals surface area contributed by atoms with Crippen molar-refractivity contribution in [1.82, 2.24) is 15.0 Å². The zero-order valence-corrected chi connectivity index (χ0v) is 18.5. The van der Waals surface area contributed by atoms with Crippen LogP contribution in [0.2, 0.25) is 0 Å². The highest BCUT2D eigenvalue weighted by Crippen LogP contribution is 2.43. The SMILES string of the molecule is [C-]#[N+]c1cc(-c2nc(-c3cccc4c3CCC4N3CC(C(=O)O)C3)no2)ccc1OC(C)C. The van der Waals surface area contributed by atoms with Crippen molar-refractivity contribution in [2.45, 2.75) is 38.8 Å². The number of carbonyl (C=O) groups is 1. The van der Waals surface area contributed by atoms with Gasteiger partial charge in [-0.2, -0.15) is 4.98 Å². The Labute approximate surface area is 191 Å². The van der Waals surface area contributed by atoms with E-state index < -0.39 is 5.97 Å². The van der Waals surface area contributed by atoms with E-state index in [2.05, 4.69) is 26.0 Å². The predicted octanol–water partition coefficient (Wildman–Crippen LogP) is 4.75. The predicted molar refractivity (Wildman–Crippen MR) is 121 cm³/mol. The van der Waals surface area contributed by atoms with Crippen LogP contribution in [0.1, 0.15) is 37.4 Å². The average molecular weight is 444 g/mol. The number of aliphatic carboxylic acids is 1. The highest BCUT2D eigenvalue weighted by molar-refractivity contribution is 5.72. The summed E-state index contributed by atoms with van der Waals surface area (Å²) in [5.41, 5.74) is 4.41. The molecule has 0 radical (unpaired) electrons. The third kappa shape index (κ3) is 3.85. The van der Waals surface area contributed by atoms with Crippen molar-refractivity contribution in [3.05, 3.63) is 58.9 Å². The molecule has 0 bridgehead atoms. The van der Waals surface area contributed by atoms with Crippen LogP contribution >= 0.6 is 0 Å². The molecule has 1 aliphatic heterocycles. The normalized spacial score (nSPS) is 18.1. The number of hydrogen-bond donors (Lipinski definition) is 1. The summed E-state index contributed by atoms with van der Waals surface area (Å²) >= 11 is 0. The maximum Gasteiger partial charge on any atom is 0.309 e. The second-order valence-electron chi connectivity index (χ2n) is 8.80. The number of carboxylic acid groups (broad SMARTS) is 1. The van der Waals surface area contributed by atoms with Gasteiger partial charge in [0.05, 0.1) is 18.6 Å². The Balaban J connectivity index is 1.41. The molecule has 0 saturated carbocycles. The second kappa shape index (κ2) is 8.34. The van der Waals surface area contributed by atoms with Crippen LogP contribution in [0.25, 0.3) is 27.7 Å². The number of benzene rings is 2. The zero-order valence-electron chi connectivity index (χ0n) is 18.5. The van der Waals surface area contributed by atoms with Crippen LogP contribution < -0.4 is 4.74 Å². The molecular formula is C25H24N4O4. The van der Waals surface area contributed by atoms with E-state index in [1.807, 2.05) is 32.0 Å². The van der Waals surface area contributed by atoms with Crippen LogP contribution in [-0.2, 0) is 11.2 Å². The van der Waals surface area contributed by atoms with Crippen LogP contribution in [0.4, 0.5) is 5.69 Å². The fourth-order valence-electron chi connectivity index (χ4n) is 4.69. The van der Waals surface area contributed by atoms with Crippen LogP contribution in [0.5, 0.6) is 5.75 Å². The number of rotatable bonds is 6. The van der Waals surface area contributed by atoms with Gasteiger partial charge < -0.3 is 14.4 Å². The summed E-state index contributed by atoms with van der Waals surface area (Å²) in [6, 6.07) is 11.6. The van der Waals surface area contributed by atoms with E-state index in [1.54, 1.807) is 12.1 Å². The van der Waals surface area contributed by atoms with Crippen molar-refractivity contribution < 1.29 is 19.2 Å². The molecule has 2 aromatic carbocycles. The van der Waals surface area contributed by atoms with Gasteiger partial charge in [0, 0.05) is 30.3 Å². The summed E-state index contributed by atoms with van der Waals surface area (Å²) in [5.74, 6) is 0.413. The average Bonchev–Trinajstić information content (AvgIpc) is 3.40. The number of nitrogens with zero attached hydrogens (tertiary/aromatic N) is 4. The fourth-order valence-corrected chi connectivity index (χ4v) is 4.69. The van der Waals surface area contributed by atoms with Gasteiger partial charge >= 0.3 is 5.97 Å². The van der Waals surface area contributed by atoms with Crippen LogP contribution in [0.3, 0.4) is 0 Å². The lowest BCUT2D eigenvalue weighted by molar-refractivity contribution is -0.148. The lowest BCUT2D eigenvalue weighted by Crippen LogP contribution is -2.51. The summed E-state index contributed by atoms with van der Waals surface area (Å²) in [5, 5.41) is 13.4. The lowest BCUT2D eigenvalue weighted by atomic mass is 9.94. The van der Waals surface area contributed by atoms with Crippen molar-refractivity contribution in [3.63, 3.8) is 0 Å². The molecule has 1 unspecified atom stereocenters. The molecule has 168 valence electrons. The maximum atomic E-state index is 11.2. The molecule has 1 fully saturated rings. The first-order valence-corrected chi connectivity index (χ1v) is 11.1. The molecule has 1 aromatic heterocycles. The summed E-state index contributed by atoms with van der Waals surface area (Å²) in [6.07, 6.45) is 1.81. The second-order valence-corrected chi connectivity index (χ2v) is 8.80. The van der Waals surface area contributed by atoms with Crippen molar-refractivity contribution >= 4 is 11.7 Å². The molecular weight excluding hydrogens is 420 g/mol. The molecule has 3 aromatic rings. The first kappa shape index (κ1) is 21.2. The van der Waals surface area contributed by atoms with E-state index in [0.717, 1.165) is 18.4 Å². The Morgan fingerprint density at radius 3 is 2.85 bits per heavy atom. The standard InChI is InChI=1S/C25H24N4O4/c1-14(2)32-22-10-7-15(11-20(22)26-3)24-27-23(28-33-24)19-6-4-5-18-17(19)8-9-21(18)29-12-16(13-29)25(30)31/h4-7,10-11,14,16,21H,8-9,12-13H2,1-2H3,(H,30,31). The molecule has 2 heterocycles. The van der Waals surface area contributed by atoms with Gasteiger partial charge in [0.25, 0.3) is 5.89 Å². The molecule has 8 heteroatoms. The Hall–Kier alpha value is -3.70. The number of hydrogen-bond acceptors (Lipinski definition) is 6. The maximum absolute atomic E-state index is 11.2. The minimum Gasteiger partial charge on any atom is -0.502 e. The number of fused-ring (bicyclic) bond motifs is 1. The number of ether oxygens (including phenoxy) is 1. The Bertz CT molecular complexity index is 1250. The van der Waals surface area contributed by atoms with Crippen molar-refractivity contribution in [3.8, 4) is 28.6 Å². The Morgan fingerprint density at radius 1 is 1.30 bits per heavy atom. The molecule has 1 atom stereocenters. The molecule has 0 amide bonds. The minimum atomic E-state index is -0.720. The van der Waals surface area contributed by atoms with Gasteiger partial charge in [-0.1, -0.05) is 23.4 Å². The van der Waals surface area contributed by atoms with E-state index >= 15 is 0 Å². The Morgan fingerprint density at radius 2 is 2.12 bits per heavy atom. The van der Waals surface area contributed by atoms with Crippen molar-refractivity contribution in [2.24, 2.45) is 5.92 Å².